The summed E-state index contributed by atoms with van der Waals surface area (Å²) < 4.78 is 12.6. The Labute approximate surface area is 63.5 Å². The van der Waals surface area contributed by atoms with Gasteiger partial charge in [0.05, 0.1) is 11.3 Å². The van der Waals surface area contributed by atoms with Crippen LogP contribution in [0.3, 0.4) is 0 Å². The first kappa shape index (κ1) is 7.61. The summed E-state index contributed by atoms with van der Waals surface area (Å²) in [5, 5.41) is 8.47. The van der Waals surface area contributed by atoms with Gasteiger partial charge >= 0.3 is 0 Å². The van der Waals surface area contributed by atoms with Crippen molar-refractivity contribution in [1.29, 1.82) is 5.26 Å². The Balaban J connectivity index is 3.15. The van der Waals surface area contributed by atoms with Crippen molar-refractivity contribution in [3.05, 3.63) is 23.8 Å². The minimum atomic E-state index is -1.22. The summed E-state index contributed by atoms with van der Waals surface area (Å²) in [7, 11) is 0. The molecular formula is C7H6FN3. The number of alkyl halides is 1. The van der Waals surface area contributed by atoms with Crippen LogP contribution in [0.2, 0.25) is 0 Å². The minimum absolute atomic E-state index is 0.155. The van der Waals surface area contributed by atoms with Gasteiger partial charge in [-0.25, -0.2) is 14.4 Å². The lowest BCUT2D eigenvalue weighted by Crippen LogP contribution is -1.96. The van der Waals surface area contributed by atoms with Crippen molar-refractivity contribution in [2.75, 3.05) is 0 Å². The number of aromatic nitrogens is 2. The van der Waals surface area contributed by atoms with E-state index in [2.05, 4.69) is 9.97 Å². The third-order valence-electron chi connectivity index (χ3n) is 1.24. The molecule has 0 radical (unpaired) electrons. The van der Waals surface area contributed by atoms with Crippen LogP contribution in [0.15, 0.2) is 12.5 Å². The van der Waals surface area contributed by atoms with Gasteiger partial charge in [0.1, 0.15) is 18.6 Å². The predicted molar refractivity (Wildman–Crippen MR) is 36.3 cm³/mol. The zero-order valence-electron chi connectivity index (χ0n) is 5.95. The van der Waals surface area contributed by atoms with Gasteiger partial charge in [-0.05, 0) is 6.92 Å². The van der Waals surface area contributed by atoms with E-state index >= 15 is 0 Å². The fourth-order valence-corrected chi connectivity index (χ4v) is 0.742. The van der Waals surface area contributed by atoms with Gasteiger partial charge < -0.3 is 0 Å². The summed E-state index contributed by atoms with van der Waals surface area (Å²) in [4.78, 5) is 7.24. The fourth-order valence-electron chi connectivity index (χ4n) is 0.742. The normalized spacial score (nSPS) is 12.1. The fraction of sp³-hybridized carbons (Fsp3) is 0.286. The summed E-state index contributed by atoms with van der Waals surface area (Å²) in [6.45, 7) is 1.34. The van der Waals surface area contributed by atoms with Gasteiger partial charge in [0, 0.05) is 6.20 Å². The van der Waals surface area contributed by atoms with Gasteiger partial charge in [0.2, 0.25) is 0 Å². The van der Waals surface area contributed by atoms with Crippen LogP contribution in [-0.4, -0.2) is 9.97 Å². The molecule has 1 atom stereocenters. The summed E-state index contributed by atoms with van der Waals surface area (Å²) in [6.07, 6.45) is 1.32. The Morgan fingerprint density at radius 1 is 1.73 bits per heavy atom. The number of hydrogen-bond acceptors (Lipinski definition) is 3. The van der Waals surface area contributed by atoms with Crippen LogP contribution in [0.4, 0.5) is 4.39 Å². The monoisotopic (exact) mass is 151 g/mol. The molecule has 1 rings (SSSR count). The Morgan fingerprint density at radius 3 is 2.91 bits per heavy atom. The quantitative estimate of drug-likeness (QED) is 0.609. The highest BCUT2D eigenvalue weighted by atomic mass is 19.1. The summed E-state index contributed by atoms with van der Waals surface area (Å²) in [6, 6.07) is 1.81. The van der Waals surface area contributed by atoms with E-state index in [9.17, 15) is 4.39 Å². The molecule has 0 aromatic carbocycles. The number of rotatable bonds is 1. The molecule has 4 heteroatoms. The van der Waals surface area contributed by atoms with Crippen molar-refractivity contribution in [3.8, 4) is 6.07 Å². The van der Waals surface area contributed by atoms with Crippen molar-refractivity contribution >= 4 is 0 Å². The number of nitrogens with zero attached hydrogens (tertiary/aromatic N) is 3. The maximum atomic E-state index is 12.6. The molecule has 0 amide bonds. The minimum Gasteiger partial charge on any atom is -0.243 e. The van der Waals surface area contributed by atoms with Crippen molar-refractivity contribution in [2.45, 2.75) is 13.1 Å². The molecule has 3 nitrogen and oxygen atoms in total. The molecule has 0 aliphatic rings. The van der Waals surface area contributed by atoms with E-state index in [0.717, 1.165) is 0 Å². The number of hydrogen-bond donors (Lipinski definition) is 0. The number of halogens is 1. The molecule has 0 N–H and O–H groups in total. The largest absolute Gasteiger partial charge is 0.243 e. The highest BCUT2D eigenvalue weighted by molar-refractivity contribution is 5.30. The Hall–Kier alpha value is -1.50. The summed E-state index contributed by atoms with van der Waals surface area (Å²) >= 11 is 0. The highest BCUT2D eigenvalue weighted by Gasteiger charge is 2.09. The maximum absolute atomic E-state index is 12.6. The molecule has 1 aromatic heterocycles. The van der Waals surface area contributed by atoms with Crippen LogP contribution in [0.25, 0.3) is 0 Å². The van der Waals surface area contributed by atoms with Gasteiger partial charge in [-0.2, -0.15) is 5.26 Å². The lowest BCUT2D eigenvalue weighted by Gasteiger charge is -2.00. The van der Waals surface area contributed by atoms with Gasteiger partial charge in [-0.15, -0.1) is 0 Å². The lowest BCUT2D eigenvalue weighted by molar-refractivity contribution is 0.364. The second kappa shape index (κ2) is 3.06. The second-order valence-corrected chi connectivity index (χ2v) is 2.05. The van der Waals surface area contributed by atoms with Gasteiger partial charge in [0.15, 0.2) is 0 Å². The summed E-state index contributed by atoms with van der Waals surface area (Å²) in [5.41, 5.74) is 0.352. The SMILES string of the molecule is C[C@@H](F)c1ncncc1C#N. The standard InChI is InChI=1S/C7H6FN3/c1-5(8)7-6(2-9)3-10-4-11-7/h3-5H,1H3/t5-/m1/s1. The molecule has 0 aliphatic heterocycles. The average Bonchev–Trinajstić information content (AvgIpc) is 2.04. The first-order chi connectivity index (χ1) is 5.25. The van der Waals surface area contributed by atoms with Crippen molar-refractivity contribution < 1.29 is 4.39 Å². The molecule has 0 spiro atoms. The van der Waals surface area contributed by atoms with Gasteiger partial charge in [-0.3, -0.25) is 0 Å². The van der Waals surface area contributed by atoms with Crippen LogP contribution in [0, 0.1) is 11.3 Å². The zero-order chi connectivity index (χ0) is 8.27. The first-order valence-corrected chi connectivity index (χ1v) is 3.09. The highest BCUT2D eigenvalue weighted by Crippen LogP contribution is 2.15. The van der Waals surface area contributed by atoms with E-state index in [-0.39, 0.29) is 11.3 Å². The van der Waals surface area contributed by atoms with Crippen molar-refractivity contribution in [2.24, 2.45) is 0 Å². The predicted octanol–water partition coefficient (Wildman–Crippen LogP) is 1.38. The van der Waals surface area contributed by atoms with E-state index in [1.165, 1.54) is 19.4 Å². The van der Waals surface area contributed by atoms with E-state index in [4.69, 9.17) is 5.26 Å². The van der Waals surface area contributed by atoms with Crippen LogP contribution in [-0.2, 0) is 0 Å². The molecule has 1 heterocycles. The van der Waals surface area contributed by atoms with Crippen LogP contribution >= 0.6 is 0 Å². The Kier molecular flexibility index (Phi) is 2.12. The van der Waals surface area contributed by atoms with E-state index in [0.29, 0.717) is 0 Å². The molecular weight excluding hydrogens is 145 g/mol. The van der Waals surface area contributed by atoms with Crippen molar-refractivity contribution in [3.63, 3.8) is 0 Å². The van der Waals surface area contributed by atoms with E-state index in [1.807, 2.05) is 6.07 Å². The van der Waals surface area contributed by atoms with Gasteiger partial charge in [0.25, 0.3) is 0 Å². The van der Waals surface area contributed by atoms with E-state index < -0.39 is 6.17 Å². The maximum Gasteiger partial charge on any atom is 0.141 e. The molecule has 0 aliphatic carbocycles. The topological polar surface area (TPSA) is 49.6 Å². The molecule has 11 heavy (non-hydrogen) atoms. The molecule has 0 fully saturated rings. The number of nitriles is 1. The summed E-state index contributed by atoms with van der Waals surface area (Å²) in [5.74, 6) is 0. The molecule has 56 valence electrons. The molecule has 0 saturated carbocycles. The Bertz CT molecular complexity index is 290. The second-order valence-electron chi connectivity index (χ2n) is 2.05. The van der Waals surface area contributed by atoms with Crippen LogP contribution in [0.5, 0.6) is 0 Å². The van der Waals surface area contributed by atoms with E-state index in [1.54, 1.807) is 0 Å². The Morgan fingerprint density at radius 2 is 2.45 bits per heavy atom. The lowest BCUT2D eigenvalue weighted by atomic mass is 10.2. The zero-order valence-corrected chi connectivity index (χ0v) is 5.95. The first-order valence-electron chi connectivity index (χ1n) is 3.09. The third kappa shape index (κ3) is 1.49. The molecule has 0 bridgehead atoms. The molecule has 0 saturated heterocycles. The van der Waals surface area contributed by atoms with Crippen LogP contribution < -0.4 is 0 Å². The molecule has 1 aromatic rings. The molecule has 0 unspecified atom stereocenters. The van der Waals surface area contributed by atoms with Crippen molar-refractivity contribution in [1.82, 2.24) is 9.97 Å². The van der Waals surface area contributed by atoms with Crippen LogP contribution in [0.1, 0.15) is 24.4 Å². The van der Waals surface area contributed by atoms with Gasteiger partial charge in [-0.1, -0.05) is 0 Å². The average molecular weight is 151 g/mol. The third-order valence-corrected chi connectivity index (χ3v) is 1.24. The smallest absolute Gasteiger partial charge is 0.141 e.